The third-order valence-electron chi connectivity index (χ3n) is 2.79. The maximum absolute atomic E-state index is 11.5. The predicted molar refractivity (Wildman–Crippen MR) is 70.9 cm³/mol. The van der Waals surface area contributed by atoms with E-state index < -0.39 is 0 Å². The summed E-state index contributed by atoms with van der Waals surface area (Å²) in [5.74, 6) is 0.822. The molecule has 98 valence electrons. The molecule has 0 spiro atoms. The van der Waals surface area contributed by atoms with Gasteiger partial charge in [0.2, 0.25) is 0 Å². The molecular formula is C12H17N3O2S. The van der Waals surface area contributed by atoms with E-state index in [4.69, 9.17) is 4.52 Å². The highest BCUT2D eigenvalue weighted by Gasteiger charge is 2.07. The Bertz CT molecular complexity index is 570. The largest absolute Gasteiger partial charge is 0.361 e. The van der Waals surface area contributed by atoms with Crippen LogP contribution in [0.15, 0.2) is 20.8 Å². The van der Waals surface area contributed by atoms with Crippen LogP contribution < -0.4 is 4.87 Å². The fourth-order valence-electron chi connectivity index (χ4n) is 1.79. The van der Waals surface area contributed by atoms with Crippen molar-refractivity contribution in [3.05, 3.63) is 38.3 Å². The second-order valence-electron chi connectivity index (χ2n) is 4.46. The Kier molecular flexibility index (Phi) is 3.98. The van der Waals surface area contributed by atoms with E-state index in [0.717, 1.165) is 30.2 Å². The third-order valence-corrected chi connectivity index (χ3v) is 3.67. The lowest BCUT2D eigenvalue weighted by Gasteiger charge is -2.15. The zero-order chi connectivity index (χ0) is 13.1. The molecule has 0 bridgehead atoms. The quantitative estimate of drug-likeness (QED) is 0.826. The zero-order valence-corrected chi connectivity index (χ0v) is 11.7. The van der Waals surface area contributed by atoms with Gasteiger partial charge in [-0.1, -0.05) is 16.5 Å². The summed E-state index contributed by atoms with van der Waals surface area (Å²) in [5.41, 5.74) is 1.94. The molecule has 0 aliphatic carbocycles. The maximum atomic E-state index is 11.5. The van der Waals surface area contributed by atoms with Crippen molar-refractivity contribution in [1.29, 1.82) is 0 Å². The van der Waals surface area contributed by atoms with Crippen LogP contribution in [0.3, 0.4) is 0 Å². The molecule has 0 N–H and O–H groups in total. The topological polar surface area (TPSA) is 51.3 Å². The van der Waals surface area contributed by atoms with Crippen LogP contribution in [0.2, 0.25) is 0 Å². The van der Waals surface area contributed by atoms with Crippen LogP contribution in [0.5, 0.6) is 0 Å². The van der Waals surface area contributed by atoms with Gasteiger partial charge in [0.15, 0.2) is 0 Å². The van der Waals surface area contributed by atoms with Crippen molar-refractivity contribution in [2.75, 3.05) is 13.6 Å². The van der Waals surface area contributed by atoms with Crippen molar-refractivity contribution in [3.8, 4) is 0 Å². The van der Waals surface area contributed by atoms with E-state index in [-0.39, 0.29) is 4.87 Å². The molecule has 0 radical (unpaired) electrons. The number of aromatic nitrogens is 2. The zero-order valence-electron chi connectivity index (χ0n) is 10.8. The fourth-order valence-corrected chi connectivity index (χ4v) is 2.55. The predicted octanol–water partition coefficient (Wildman–Crippen LogP) is 1.65. The Balaban J connectivity index is 1.89. The van der Waals surface area contributed by atoms with E-state index in [2.05, 4.69) is 10.1 Å². The first-order valence-corrected chi connectivity index (χ1v) is 6.70. The van der Waals surface area contributed by atoms with Gasteiger partial charge in [-0.3, -0.25) is 9.69 Å². The molecule has 18 heavy (non-hydrogen) atoms. The van der Waals surface area contributed by atoms with Gasteiger partial charge in [-0.15, -0.1) is 0 Å². The number of hydrogen-bond acceptors (Lipinski definition) is 5. The summed E-state index contributed by atoms with van der Waals surface area (Å²) < 4.78 is 6.82. The Morgan fingerprint density at radius 1 is 1.50 bits per heavy atom. The smallest absolute Gasteiger partial charge is 0.307 e. The van der Waals surface area contributed by atoms with Crippen molar-refractivity contribution in [1.82, 2.24) is 14.6 Å². The maximum Gasteiger partial charge on any atom is 0.307 e. The average Bonchev–Trinajstić information content (AvgIpc) is 2.84. The minimum Gasteiger partial charge on any atom is -0.361 e. The normalized spacial score (nSPS) is 11.3. The summed E-state index contributed by atoms with van der Waals surface area (Å²) in [4.78, 5) is 13.8. The van der Waals surface area contributed by atoms with Gasteiger partial charge in [-0.25, -0.2) is 0 Å². The van der Waals surface area contributed by atoms with Gasteiger partial charge in [0.1, 0.15) is 5.76 Å². The number of rotatable bonds is 5. The second-order valence-corrected chi connectivity index (χ2v) is 5.28. The average molecular weight is 267 g/mol. The van der Waals surface area contributed by atoms with Crippen molar-refractivity contribution in [3.63, 3.8) is 0 Å². The highest BCUT2D eigenvalue weighted by Crippen LogP contribution is 2.05. The van der Waals surface area contributed by atoms with E-state index >= 15 is 0 Å². The molecule has 0 atom stereocenters. The van der Waals surface area contributed by atoms with Gasteiger partial charge in [0.25, 0.3) is 0 Å². The Morgan fingerprint density at radius 2 is 2.28 bits per heavy atom. The van der Waals surface area contributed by atoms with Crippen LogP contribution >= 0.6 is 11.3 Å². The highest BCUT2D eigenvalue weighted by molar-refractivity contribution is 7.07. The van der Waals surface area contributed by atoms with Crippen molar-refractivity contribution in [2.45, 2.75) is 26.9 Å². The van der Waals surface area contributed by atoms with E-state index in [0.29, 0.717) is 6.54 Å². The fraction of sp³-hybridized carbons (Fsp3) is 0.500. The van der Waals surface area contributed by atoms with Gasteiger partial charge in [0, 0.05) is 36.8 Å². The number of nitrogens with zero attached hydrogens (tertiary/aromatic N) is 3. The van der Waals surface area contributed by atoms with Crippen LogP contribution in [-0.4, -0.2) is 28.2 Å². The van der Waals surface area contributed by atoms with Crippen LogP contribution in [0.25, 0.3) is 0 Å². The molecule has 6 heteroatoms. The summed E-state index contributed by atoms with van der Waals surface area (Å²) in [6, 6.07) is 1.93. The Morgan fingerprint density at radius 3 is 2.83 bits per heavy atom. The first-order chi connectivity index (χ1) is 8.56. The summed E-state index contributed by atoms with van der Waals surface area (Å²) >= 11 is 1.25. The molecule has 2 heterocycles. The minimum absolute atomic E-state index is 0.109. The molecule has 5 nitrogen and oxygen atoms in total. The van der Waals surface area contributed by atoms with Gasteiger partial charge in [-0.2, -0.15) is 0 Å². The Labute approximate surface area is 110 Å². The van der Waals surface area contributed by atoms with Gasteiger partial charge < -0.3 is 9.09 Å². The highest BCUT2D eigenvalue weighted by atomic mass is 32.1. The summed E-state index contributed by atoms with van der Waals surface area (Å²) in [5, 5.41) is 5.84. The van der Waals surface area contributed by atoms with Gasteiger partial charge >= 0.3 is 4.87 Å². The number of thiazole rings is 1. The lowest BCUT2D eigenvalue weighted by molar-refractivity contribution is 0.295. The lowest BCUT2D eigenvalue weighted by atomic mass is 10.3. The van der Waals surface area contributed by atoms with Crippen LogP contribution in [-0.2, 0) is 13.1 Å². The molecule has 0 amide bonds. The summed E-state index contributed by atoms with van der Waals surface area (Å²) in [6.45, 7) is 6.09. The molecule has 0 aromatic carbocycles. The van der Waals surface area contributed by atoms with E-state index in [9.17, 15) is 4.79 Å². The minimum atomic E-state index is 0.109. The van der Waals surface area contributed by atoms with E-state index in [1.54, 1.807) is 4.57 Å². The molecule has 0 saturated heterocycles. The third kappa shape index (κ3) is 3.08. The van der Waals surface area contributed by atoms with E-state index in [1.807, 2.05) is 32.3 Å². The molecule has 2 rings (SSSR count). The number of aryl methyl sites for hydroxylation is 2. The van der Waals surface area contributed by atoms with Gasteiger partial charge in [0.05, 0.1) is 5.69 Å². The number of hydrogen-bond donors (Lipinski definition) is 0. The number of likely N-dealkylation sites (N-methyl/N-ethyl adjacent to an activating group) is 1. The molecule has 2 aromatic rings. The van der Waals surface area contributed by atoms with Gasteiger partial charge in [-0.05, 0) is 20.9 Å². The molecule has 0 aliphatic heterocycles. The molecule has 0 saturated carbocycles. The van der Waals surface area contributed by atoms with Crippen molar-refractivity contribution >= 4 is 11.3 Å². The van der Waals surface area contributed by atoms with Crippen LogP contribution in [0.4, 0.5) is 0 Å². The molecule has 0 fully saturated rings. The molecule has 0 unspecified atom stereocenters. The first kappa shape index (κ1) is 13.0. The molecule has 2 aromatic heterocycles. The Hall–Kier alpha value is -1.40. The van der Waals surface area contributed by atoms with E-state index in [1.165, 1.54) is 11.3 Å². The second kappa shape index (κ2) is 5.49. The van der Waals surface area contributed by atoms with Crippen molar-refractivity contribution < 1.29 is 4.52 Å². The van der Waals surface area contributed by atoms with Crippen LogP contribution in [0, 0.1) is 13.8 Å². The summed E-state index contributed by atoms with van der Waals surface area (Å²) in [7, 11) is 2.01. The van der Waals surface area contributed by atoms with Crippen molar-refractivity contribution in [2.24, 2.45) is 0 Å². The molecule has 0 aliphatic rings. The summed E-state index contributed by atoms with van der Waals surface area (Å²) in [6.07, 6.45) is 0. The first-order valence-electron chi connectivity index (χ1n) is 5.82. The standard InChI is InChI=1S/C12H17N3O2S/c1-9-8-18-12(16)15(9)5-4-14(3)7-11-6-10(2)17-13-11/h6,8H,4-5,7H2,1-3H3. The van der Waals surface area contributed by atoms with Crippen LogP contribution in [0.1, 0.15) is 17.1 Å². The monoisotopic (exact) mass is 267 g/mol. The molecular weight excluding hydrogens is 250 g/mol. The lowest BCUT2D eigenvalue weighted by Crippen LogP contribution is -2.26. The SMILES string of the molecule is Cc1cc(CN(C)CCn2c(C)csc2=O)no1.